The lowest BCUT2D eigenvalue weighted by molar-refractivity contribution is -0.149. The Morgan fingerprint density at radius 2 is 2.07 bits per heavy atom. The summed E-state index contributed by atoms with van der Waals surface area (Å²) in [5.74, 6) is -0.853. The van der Waals surface area contributed by atoms with Gasteiger partial charge in [-0.3, -0.25) is 14.5 Å². The van der Waals surface area contributed by atoms with Gasteiger partial charge in [-0.2, -0.15) is 0 Å². The SMILES string of the molecule is COc1cc(Cl)c(C)cc1NC(=O)COC(=O)[C@@]12CCC(=O)N1c1ccccc1S2. The monoisotopic (exact) mass is 446 g/mol. The van der Waals surface area contributed by atoms with Crippen LogP contribution in [0.25, 0.3) is 0 Å². The molecule has 0 unspecified atom stereocenters. The quantitative estimate of drug-likeness (QED) is 0.704. The van der Waals surface area contributed by atoms with Crippen molar-refractivity contribution in [2.75, 3.05) is 23.9 Å². The Morgan fingerprint density at radius 3 is 2.83 bits per heavy atom. The Hall–Kier alpha value is -2.71. The van der Waals surface area contributed by atoms with E-state index < -0.39 is 23.4 Å². The maximum atomic E-state index is 13.0. The Bertz CT molecular complexity index is 1060. The standard InChI is InChI=1S/C21H19ClN2O5S/c1-12-9-14(16(28-2)10-13(12)22)23-18(25)11-29-20(27)21-8-7-19(26)24(21)15-5-3-4-6-17(15)30-21/h3-6,9-10H,7-8,11H2,1-2H3,(H,23,25)/t21-/m0/s1. The number of halogens is 1. The van der Waals surface area contributed by atoms with Crippen molar-refractivity contribution in [3.63, 3.8) is 0 Å². The van der Waals surface area contributed by atoms with Gasteiger partial charge in [0.05, 0.1) is 18.5 Å². The Labute approximate surface area is 182 Å². The molecule has 1 atom stereocenters. The molecule has 2 amide bonds. The van der Waals surface area contributed by atoms with Crippen LogP contribution in [0.2, 0.25) is 5.02 Å². The molecule has 1 N–H and O–H groups in total. The van der Waals surface area contributed by atoms with Gasteiger partial charge in [0.2, 0.25) is 5.91 Å². The summed E-state index contributed by atoms with van der Waals surface area (Å²) in [4.78, 5) is 39.0. The molecule has 2 heterocycles. The third-order valence-corrected chi connectivity index (χ3v) is 6.94. The van der Waals surface area contributed by atoms with Gasteiger partial charge in [-0.1, -0.05) is 35.5 Å². The van der Waals surface area contributed by atoms with E-state index in [-0.39, 0.29) is 12.3 Å². The van der Waals surface area contributed by atoms with E-state index >= 15 is 0 Å². The summed E-state index contributed by atoms with van der Waals surface area (Å²) >= 11 is 7.38. The van der Waals surface area contributed by atoms with Crippen molar-refractivity contribution in [2.24, 2.45) is 0 Å². The van der Waals surface area contributed by atoms with Crippen LogP contribution in [0, 0.1) is 6.92 Å². The first-order chi connectivity index (χ1) is 14.4. The smallest absolute Gasteiger partial charge is 0.344 e. The molecular weight excluding hydrogens is 428 g/mol. The van der Waals surface area contributed by atoms with E-state index in [2.05, 4.69) is 5.32 Å². The number of anilines is 2. The van der Waals surface area contributed by atoms with Crippen LogP contribution in [0.5, 0.6) is 5.75 Å². The van der Waals surface area contributed by atoms with Crippen LogP contribution in [0.3, 0.4) is 0 Å². The third kappa shape index (κ3) is 3.40. The minimum Gasteiger partial charge on any atom is -0.495 e. The number of thioether (sulfide) groups is 1. The van der Waals surface area contributed by atoms with Crippen molar-refractivity contribution in [1.82, 2.24) is 0 Å². The first kappa shape index (κ1) is 20.6. The molecule has 2 aliphatic rings. The van der Waals surface area contributed by atoms with E-state index in [0.29, 0.717) is 28.6 Å². The highest BCUT2D eigenvalue weighted by molar-refractivity contribution is 8.02. The lowest BCUT2D eigenvalue weighted by atomic mass is 10.2. The summed E-state index contributed by atoms with van der Waals surface area (Å²) in [5.41, 5.74) is 1.90. The van der Waals surface area contributed by atoms with Gasteiger partial charge < -0.3 is 14.8 Å². The molecule has 9 heteroatoms. The van der Waals surface area contributed by atoms with Crippen LogP contribution in [-0.2, 0) is 19.1 Å². The first-order valence-corrected chi connectivity index (χ1v) is 10.5. The van der Waals surface area contributed by atoms with Crippen molar-refractivity contribution in [3.8, 4) is 5.75 Å². The molecule has 1 fully saturated rings. The molecule has 4 rings (SSSR count). The molecule has 2 aliphatic heterocycles. The Balaban J connectivity index is 1.46. The van der Waals surface area contributed by atoms with E-state index in [1.165, 1.54) is 23.8 Å². The number of methoxy groups -OCH3 is 1. The topological polar surface area (TPSA) is 84.9 Å². The van der Waals surface area contributed by atoms with Crippen LogP contribution in [0.15, 0.2) is 41.3 Å². The zero-order chi connectivity index (χ0) is 21.5. The molecule has 1 saturated heterocycles. The number of hydrogen-bond donors (Lipinski definition) is 1. The highest BCUT2D eigenvalue weighted by Gasteiger charge is 2.58. The second-order valence-electron chi connectivity index (χ2n) is 7.01. The molecule has 0 aromatic heterocycles. The van der Waals surface area contributed by atoms with Crippen molar-refractivity contribution in [2.45, 2.75) is 29.5 Å². The number of nitrogens with one attached hydrogen (secondary N) is 1. The molecule has 0 aliphatic carbocycles. The Morgan fingerprint density at radius 1 is 1.30 bits per heavy atom. The van der Waals surface area contributed by atoms with Gasteiger partial charge in [-0.05, 0) is 30.7 Å². The van der Waals surface area contributed by atoms with Crippen LogP contribution in [0.1, 0.15) is 18.4 Å². The zero-order valence-corrected chi connectivity index (χ0v) is 17.9. The minimum atomic E-state index is -1.16. The van der Waals surface area contributed by atoms with Crippen molar-refractivity contribution in [1.29, 1.82) is 0 Å². The molecule has 0 spiro atoms. The molecule has 7 nitrogen and oxygen atoms in total. The lowest BCUT2D eigenvalue weighted by Gasteiger charge is -2.28. The third-order valence-electron chi connectivity index (χ3n) is 5.08. The molecule has 0 saturated carbocycles. The summed E-state index contributed by atoms with van der Waals surface area (Å²) in [7, 11) is 1.47. The molecule has 2 aromatic carbocycles. The number of ether oxygens (including phenoxy) is 2. The number of esters is 1. The van der Waals surface area contributed by atoms with Crippen molar-refractivity contribution >= 4 is 52.5 Å². The highest BCUT2D eigenvalue weighted by Crippen LogP contribution is 2.56. The average Bonchev–Trinajstić information content (AvgIpc) is 3.24. The Kier molecular flexibility index (Phi) is 5.38. The van der Waals surface area contributed by atoms with E-state index in [9.17, 15) is 14.4 Å². The van der Waals surface area contributed by atoms with E-state index in [1.54, 1.807) is 19.1 Å². The number of rotatable bonds is 5. The fourth-order valence-corrected chi connectivity index (χ4v) is 5.20. The molecule has 30 heavy (non-hydrogen) atoms. The predicted molar refractivity (Wildman–Crippen MR) is 114 cm³/mol. The fraction of sp³-hybridized carbons (Fsp3) is 0.286. The summed E-state index contributed by atoms with van der Waals surface area (Å²) in [6, 6.07) is 10.6. The number of para-hydroxylation sites is 1. The van der Waals surface area contributed by atoms with E-state index in [0.717, 1.165) is 10.5 Å². The number of aryl methyl sites for hydroxylation is 1. The molecule has 156 valence electrons. The summed E-state index contributed by atoms with van der Waals surface area (Å²) in [6.45, 7) is 1.32. The highest BCUT2D eigenvalue weighted by atomic mass is 35.5. The largest absolute Gasteiger partial charge is 0.495 e. The van der Waals surface area contributed by atoms with Gasteiger partial charge in [0.15, 0.2) is 11.5 Å². The second kappa shape index (κ2) is 7.85. The minimum absolute atomic E-state index is 0.129. The molecule has 0 radical (unpaired) electrons. The van der Waals surface area contributed by atoms with Gasteiger partial charge >= 0.3 is 5.97 Å². The van der Waals surface area contributed by atoms with Gasteiger partial charge in [0.25, 0.3) is 5.91 Å². The normalized spacial score (nSPS) is 19.3. The number of nitrogens with zero attached hydrogens (tertiary/aromatic N) is 1. The van der Waals surface area contributed by atoms with Crippen LogP contribution >= 0.6 is 23.4 Å². The number of hydrogen-bond acceptors (Lipinski definition) is 6. The summed E-state index contributed by atoms with van der Waals surface area (Å²) in [5, 5.41) is 3.18. The maximum absolute atomic E-state index is 13.0. The van der Waals surface area contributed by atoms with Crippen molar-refractivity contribution in [3.05, 3.63) is 47.0 Å². The van der Waals surface area contributed by atoms with Gasteiger partial charge in [-0.25, -0.2) is 4.79 Å². The number of benzene rings is 2. The van der Waals surface area contributed by atoms with Crippen LogP contribution in [0.4, 0.5) is 11.4 Å². The molecule has 0 bridgehead atoms. The van der Waals surface area contributed by atoms with Crippen LogP contribution < -0.4 is 15.0 Å². The maximum Gasteiger partial charge on any atom is 0.344 e. The zero-order valence-electron chi connectivity index (χ0n) is 16.4. The number of carbonyl (C=O) groups is 3. The molecule has 2 aromatic rings. The first-order valence-electron chi connectivity index (χ1n) is 9.28. The second-order valence-corrected chi connectivity index (χ2v) is 8.74. The number of amides is 2. The predicted octanol–water partition coefficient (Wildman–Crippen LogP) is 3.77. The summed E-state index contributed by atoms with van der Waals surface area (Å²) in [6.07, 6.45) is 0.583. The number of carbonyl (C=O) groups excluding carboxylic acids is 3. The molecular formula is C21H19ClN2O5S. The van der Waals surface area contributed by atoms with Crippen molar-refractivity contribution < 1.29 is 23.9 Å². The van der Waals surface area contributed by atoms with Gasteiger partial charge in [-0.15, -0.1) is 0 Å². The van der Waals surface area contributed by atoms with Gasteiger partial charge in [0, 0.05) is 28.8 Å². The fourth-order valence-electron chi connectivity index (χ4n) is 3.63. The van der Waals surface area contributed by atoms with E-state index in [1.807, 2.05) is 24.3 Å². The van der Waals surface area contributed by atoms with E-state index in [4.69, 9.17) is 21.1 Å². The summed E-state index contributed by atoms with van der Waals surface area (Å²) < 4.78 is 10.6. The number of fused-ring (bicyclic) bond motifs is 3. The van der Waals surface area contributed by atoms with Gasteiger partial charge in [0.1, 0.15) is 5.75 Å². The van der Waals surface area contributed by atoms with Crippen LogP contribution in [-0.4, -0.2) is 36.4 Å². The average molecular weight is 447 g/mol. The lowest BCUT2D eigenvalue weighted by Crippen LogP contribution is -2.48.